The molecule has 1 aliphatic heterocycles. The van der Waals surface area contributed by atoms with Crippen molar-refractivity contribution in [1.29, 1.82) is 0 Å². The lowest BCUT2D eigenvalue weighted by molar-refractivity contribution is 0.0724. The first kappa shape index (κ1) is 13.1. The molecule has 3 heteroatoms. The summed E-state index contributed by atoms with van der Waals surface area (Å²) in [6.07, 6.45) is 1.13. The molecule has 0 aliphatic carbocycles. The molecule has 3 nitrogen and oxygen atoms in total. The van der Waals surface area contributed by atoms with E-state index in [4.69, 9.17) is 4.74 Å². The third kappa shape index (κ3) is 2.72. The second-order valence-corrected chi connectivity index (χ2v) is 5.18. The van der Waals surface area contributed by atoms with Crippen molar-refractivity contribution in [2.45, 2.75) is 32.3 Å². The lowest BCUT2D eigenvalue weighted by Crippen LogP contribution is -2.30. The molecule has 0 N–H and O–H groups in total. The van der Waals surface area contributed by atoms with Gasteiger partial charge in [0.05, 0.1) is 6.10 Å². The van der Waals surface area contributed by atoms with E-state index in [9.17, 15) is 4.79 Å². The Kier molecular flexibility index (Phi) is 4.02. The van der Waals surface area contributed by atoms with Crippen molar-refractivity contribution >= 4 is 5.91 Å². The van der Waals surface area contributed by atoms with Crippen molar-refractivity contribution in [2.24, 2.45) is 0 Å². The molecule has 18 heavy (non-hydrogen) atoms. The molecule has 2 rings (SSSR count). The first-order valence-electron chi connectivity index (χ1n) is 6.54. The van der Waals surface area contributed by atoms with Crippen LogP contribution in [0.2, 0.25) is 0 Å². The maximum absolute atomic E-state index is 12.4. The van der Waals surface area contributed by atoms with Crippen LogP contribution in [0.1, 0.15) is 42.1 Å². The summed E-state index contributed by atoms with van der Waals surface area (Å²) in [5.41, 5.74) is 2.00. The Morgan fingerprint density at radius 3 is 2.83 bits per heavy atom. The highest BCUT2D eigenvalue weighted by Gasteiger charge is 2.26. The molecule has 0 radical (unpaired) electrons. The average molecular weight is 247 g/mol. The number of carbonyl (C=O) groups excluding carboxylic acids is 1. The summed E-state index contributed by atoms with van der Waals surface area (Å²) >= 11 is 0. The maximum atomic E-state index is 12.4. The molecule has 0 bridgehead atoms. The highest BCUT2D eigenvalue weighted by molar-refractivity contribution is 5.94. The third-order valence-corrected chi connectivity index (χ3v) is 3.57. The van der Waals surface area contributed by atoms with Gasteiger partial charge in [0.2, 0.25) is 0 Å². The summed E-state index contributed by atoms with van der Waals surface area (Å²) in [6.45, 7) is 5.78. The van der Waals surface area contributed by atoms with Crippen LogP contribution in [0.4, 0.5) is 0 Å². The second kappa shape index (κ2) is 5.53. The minimum Gasteiger partial charge on any atom is -0.380 e. The van der Waals surface area contributed by atoms with Crippen LogP contribution in [-0.4, -0.2) is 37.1 Å². The molecule has 98 valence electrons. The van der Waals surface area contributed by atoms with Gasteiger partial charge in [0.1, 0.15) is 0 Å². The molecular weight excluding hydrogens is 226 g/mol. The predicted molar refractivity (Wildman–Crippen MR) is 71.8 cm³/mol. The molecule has 1 unspecified atom stereocenters. The summed E-state index contributed by atoms with van der Waals surface area (Å²) in [6, 6.07) is 7.94. The summed E-state index contributed by atoms with van der Waals surface area (Å²) in [5.74, 6) is 0.570. The number of benzene rings is 1. The molecule has 0 saturated carbocycles. The molecule has 1 fully saturated rings. The largest absolute Gasteiger partial charge is 0.380 e. The quantitative estimate of drug-likeness (QED) is 0.822. The Morgan fingerprint density at radius 2 is 2.22 bits per heavy atom. The van der Waals surface area contributed by atoms with Gasteiger partial charge in [0.15, 0.2) is 0 Å². The van der Waals surface area contributed by atoms with E-state index in [1.54, 1.807) is 7.11 Å². The minimum absolute atomic E-state index is 0.122. The zero-order chi connectivity index (χ0) is 13.1. The van der Waals surface area contributed by atoms with Gasteiger partial charge in [-0.1, -0.05) is 26.0 Å². The molecular formula is C15H21NO2. The van der Waals surface area contributed by atoms with Crippen LogP contribution in [0.3, 0.4) is 0 Å². The number of rotatable bonds is 3. The molecule has 0 spiro atoms. The lowest BCUT2D eigenvalue weighted by Gasteiger charge is -2.17. The Balaban J connectivity index is 2.12. The van der Waals surface area contributed by atoms with Crippen LogP contribution < -0.4 is 0 Å². The van der Waals surface area contributed by atoms with Gasteiger partial charge in [0, 0.05) is 25.8 Å². The van der Waals surface area contributed by atoms with E-state index in [1.807, 2.05) is 23.1 Å². The highest BCUT2D eigenvalue weighted by atomic mass is 16.5. The monoisotopic (exact) mass is 247 g/mol. The topological polar surface area (TPSA) is 29.5 Å². The Morgan fingerprint density at radius 1 is 1.44 bits per heavy atom. The number of ether oxygens (including phenoxy) is 1. The number of methoxy groups -OCH3 is 1. The number of hydrogen-bond acceptors (Lipinski definition) is 2. The van der Waals surface area contributed by atoms with Gasteiger partial charge in [-0.2, -0.15) is 0 Å². The molecule has 1 aromatic carbocycles. The Bertz CT molecular complexity index is 428. The standard InChI is InChI=1S/C15H21NO2/c1-11(2)12-5-4-6-13(9-12)15(17)16-8-7-14(10-16)18-3/h4-6,9,11,14H,7-8,10H2,1-3H3. The fraction of sp³-hybridized carbons (Fsp3) is 0.533. The van der Waals surface area contributed by atoms with Crippen LogP contribution in [0.25, 0.3) is 0 Å². The number of amides is 1. The van der Waals surface area contributed by atoms with Crippen molar-refractivity contribution in [3.8, 4) is 0 Å². The Labute approximate surface area is 109 Å². The second-order valence-electron chi connectivity index (χ2n) is 5.18. The van der Waals surface area contributed by atoms with Crippen molar-refractivity contribution < 1.29 is 9.53 Å². The van der Waals surface area contributed by atoms with Crippen LogP contribution in [0.15, 0.2) is 24.3 Å². The first-order chi connectivity index (χ1) is 8.61. The molecule has 1 amide bonds. The first-order valence-corrected chi connectivity index (χ1v) is 6.54. The fourth-order valence-electron chi connectivity index (χ4n) is 2.32. The van der Waals surface area contributed by atoms with E-state index in [1.165, 1.54) is 5.56 Å². The van der Waals surface area contributed by atoms with Crippen LogP contribution in [0, 0.1) is 0 Å². The molecule has 0 aromatic heterocycles. The summed E-state index contributed by atoms with van der Waals surface area (Å²) in [4.78, 5) is 14.2. The smallest absolute Gasteiger partial charge is 0.253 e. The van der Waals surface area contributed by atoms with E-state index in [-0.39, 0.29) is 12.0 Å². The van der Waals surface area contributed by atoms with Gasteiger partial charge in [0.25, 0.3) is 5.91 Å². The molecule has 1 aromatic rings. The van der Waals surface area contributed by atoms with Crippen molar-refractivity contribution in [3.05, 3.63) is 35.4 Å². The van der Waals surface area contributed by atoms with Crippen molar-refractivity contribution in [2.75, 3.05) is 20.2 Å². The zero-order valence-corrected chi connectivity index (χ0v) is 11.3. The van der Waals surface area contributed by atoms with Crippen LogP contribution in [-0.2, 0) is 4.74 Å². The fourth-order valence-corrected chi connectivity index (χ4v) is 2.32. The normalized spacial score (nSPS) is 19.6. The lowest BCUT2D eigenvalue weighted by atomic mass is 10.0. The van der Waals surface area contributed by atoms with E-state index in [0.717, 1.165) is 18.5 Å². The predicted octanol–water partition coefficient (Wildman–Crippen LogP) is 2.67. The van der Waals surface area contributed by atoms with E-state index < -0.39 is 0 Å². The van der Waals surface area contributed by atoms with E-state index >= 15 is 0 Å². The number of hydrogen-bond donors (Lipinski definition) is 0. The number of likely N-dealkylation sites (tertiary alicyclic amines) is 1. The number of carbonyl (C=O) groups is 1. The molecule has 1 aliphatic rings. The van der Waals surface area contributed by atoms with Gasteiger partial charge in [-0.3, -0.25) is 4.79 Å². The highest BCUT2D eigenvalue weighted by Crippen LogP contribution is 2.19. The van der Waals surface area contributed by atoms with Crippen LogP contribution in [0.5, 0.6) is 0 Å². The third-order valence-electron chi connectivity index (χ3n) is 3.57. The Hall–Kier alpha value is -1.35. The summed E-state index contributed by atoms with van der Waals surface area (Å²) in [5, 5.41) is 0. The summed E-state index contributed by atoms with van der Waals surface area (Å²) < 4.78 is 5.30. The van der Waals surface area contributed by atoms with Gasteiger partial charge in [-0.25, -0.2) is 0 Å². The number of nitrogens with zero attached hydrogens (tertiary/aromatic N) is 1. The SMILES string of the molecule is COC1CCN(C(=O)c2cccc(C(C)C)c2)C1. The zero-order valence-electron chi connectivity index (χ0n) is 11.3. The van der Waals surface area contributed by atoms with Crippen molar-refractivity contribution in [3.63, 3.8) is 0 Å². The maximum Gasteiger partial charge on any atom is 0.253 e. The average Bonchev–Trinajstić information content (AvgIpc) is 2.86. The summed E-state index contributed by atoms with van der Waals surface area (Å²) in [7, 11) is 1.71. The molecule has 1 heterocycles. The molecule has 1 saturated heterocycles. The van der Waals surface area contributed by atoms with Gasteiger partial charge in [-0.05, 0) is 30.0 Å². The van der Waals surface area contributed by atoms with E-state index in [2.05, 4.69) is 19.9 Å². The van der Waals surface area contributed by atoms with Crippen molar-refractivity contribution in [1.82, 2.24) is 4.90 Å². The van der Waals surface area contributed by atoms with Gasteiger partial charge in [-0.15, -0.1) is 0 Å². The van der Waals surface area contributed by atoms with E-state index in [0.29, 0.717) is 12.5 Å². The van der Waals surface area contributed by atoms with Crippen LogP contribution >= 0.6 is 0 Å². The van der Waals surface area contributed by atoms with Gasteiger partial charge < -0.3 is 9.64 Å². The minimum atomic E-state index is 0.122. The molecule has 1 atom stereocenters. The van der Waals surface area contributed by atoms with Gasteiger partial charge >= 0.3 is 0 Å².